The monoisotopic (exact) mass is 402 g/mol. The number of carbonyl (C=O) groups is 1. The van der Waals surface area contributed by atoms with E-state index in [-0.39, 0.29) is 11.3 Å². The lowest BCUT2D eigenvalue weighted by Gasteiger charge is -2.35. The molecule has 0 spiro atoms. The van der Waals surface area contributed by atoms with Gasteiger partial charge in [-0.25, -0.2) is 0 Å². The van der Waals surface area contributed by atoms with Gasteiger partial charge in [0.05, 0.1) is 11.1 Å². The average Bonchev–Trinajstić information content (AvgIpc) is 2.43. The molecule has 3 nitrogen and oxygen atoms in total. The van der Waals surface area contributed by atoms with E-state index in [1.54, 1.807) is 0 Å². The number of nitrogens with one attached hydrogen (secondary N) is 2. The molecule has 0 aromatic heterocycles. The van der Waals surface area contributed by atoms with E-state index >= 15 is 0 Å². The van der Waals surface area contributed by atoms with Crippen molar-refractivity contribution in [2.45, 2.75) is 33.1 Å². The maximum Gasteiger partial charge on any atom is 0.231 e. The van der Waals surface area contributed by atoms with Crippen molar-refractivity contribution in [1.82, 2.24) is 5.32 Å². The van der Waals surface area contributed by atoms with E-state index in [2.05, 4.69) is 49.4 Å². The van der Waals surface area contributed by atoms with Crippen LogP contribution in [0.25, 0.3) is 0 Å². The van der Waals surface area contributed by atoms with Gasteiger partial charge >= 0.3 is 0 Å². The van der Waals surface area contributed by atoms with Crippen molar-refractivity contribution >= 4 is 43.5 Å². The molecule has 1 aromatic carbocycles. The Hall–Kier alpha value is -0.390. The van der Waals surface area contributed by atoms with Crippen molar-refractivity contribution in [1.29, 1.82) is 0 Å². The minimum atomic E-state index is -0.290. The summed E-state index contributed by atoms with van der Waals surface area (Å²) in [4.78, 5) is 12.7. The summed E-state index contributed by atoms with van der Waals surface area (Å²) < 4.78 is 1.82. The van der Waals surface area contributed by atoms with Crippen molar-refractivity contribution in [3.8, 4) is 0 Å². The molecular formula is C15H20Br2N2O. The minimum absolute atomic E-state index is 0.109. The summed E-state index contributed by atoms with van der Waals surface area (Å²) in [5.41, 5.74) is 1.67. The van der Waals surface area contributed by atoms with Crippen LogP contribution in [0.4, 0.5) is 5.69 Å². The third kappa shape index (κ3) is 3.26. The average molecular weight is 404 g/mol. The molecule has 110 valence electrons. The lowest BCUT2D eigenvalue weighted by atomic mass is 9.77. The van der Waals surface area contributed by atoms with Crippen LogP contribution >= 0.6 is 31.9 Å². The summed E-state index contributed by atoms with van der Waals surface area (Å²) in [7, 11) is 0. The molecule has 1 amide bonds. The number of halogens is 2. The second kappa shape index (κ2) is 6.58. The SMILES string of the molecule is CCC1(C(=O)Nc2c(Br)cc(C)cc2Br)CCCNC1. The lowest BCUT2D eigenvalue weighted by Crippen LogP contribution is -2.47. The molecule has 1 fully saturated rings. The first-order chi connectivity index (χ1) is 9.48. The molecule has 2 rings (SSSR count). The van der Waals surface area contributed by atoms with Crippen LogP contribution in [0.1, 0.15) is 31.7 Å². The van der Waals surface area contributed by atoms with Crippen LogP contribution in [0.3, 0.4) is 0 Å². The smallest absolute Gasteiger partial charge is 0.231 e. The summed E-state index contributed by atoms with van der Waals surface area (Å²) in [6.45, 7) is 5.88. The summed E-state index contributed by atoms with van der Waals surface area (Å²) in [5.74, 6) is 0.109. The molecule has 0 bridgehead atoms. The molecule has 1 saturated heterocycles. The quantitative estimate of drug-likeness (QED) is 0.792. The molecule has 2 N–H and O–H groups in total. The molecule has 1 atom stereocenters. The molecule has 0 saturated carbocycles. The van der Waals surface area contributed by atoms with Gasteiger partial charge in [-0.3, -0.25) is 4.79 Å². The molecule has 0 aliphatic carbocycles. The third-order valence-corrected chi connectivity index (χ3v) is 5.31. The number of hydrogen-bond donors (Lipinski definition) is 2. The number of benzene rings is 1. The van der Waals surface area contributed by atoms with Crippen LogP contribution in [0.5, 0.6) is 0 Å². The van der Waals surface area contributed by atoms with E-state index in [0.717, 1.165) is 52.5 Å². The van der Waals surface area contributed by atoms with Crippen LogP contribution < -0.4 is 10.6 Å². The number of hydrogen-bond acceptors (Lipinski definition) is 2. The fraction of sp³-hybridized carbons (Fsp3) is 0.533. The van der Waals surface area contributed by atoms with E-state index in [9.17, 15) is 4.79 Å². The molecular weight excluding hydrogens is 384 g/mol. The van der Waals surface area contributed by atoms with Crippen molar-refractivity contribution in [3.05, 3.63) is 26.6 Å². The highest BCUT2D eigenvalue weighted by Crippen LogP contribution is 2.36. The van der Waals surface area contributed by atoms with Gasteiger partial charge in [0.2, 0.25) is 5.91 Å². The van der Waals surface area contributed by atoms with Gasteiger partial charge in [0, 0.05) is 15.5 Å². The maximum atomic E-state index is 12.7. The standard InChI is InChI=1S/C15H20Br2N2O/c1-3-15(5-4-6-18-9-15)14(20)19-13-11(16)7-10(2)8-12(13)17/h7-8,18H,3-6,9H2,1-2H3,(H,19,20). The van der Waals surface area contributed by atoms with Gasteiger partial charge in [0.25, 0.3) is 0 Å². The van der Waals surface area contributed by atoms with Gasteiger partial charge in [-0.1, -0.05) is 6.92 Å². The zero-order valence-corrected chi connectivity index (χ0v) is 15.0. The normalized spacial score (nSPS) is 22.6. The number of aryl methyl sites for hydroxylation is 1. The van der Waals surface area contributed by atoms with Crippen molar-refractivity contribution < 1.29 is 4.79 Å². The van der Waals surface area contributed by atoms with Gasteiger partial charge in [0.15, 0.2) is 0 Å². The van der Waals surface area contributed by atoms with E-state index in [4.69, 9.17) is 0 Å². The van der Waals surface area contributed by atoms with Crippen LogP contribution in [-0.4, -0.2) is 19.0 Å². The Kier molecular flexibility index (Phi) is 5.26. The number of rotatable bonds is 3. The van der Waals surface area contributed by atoms with Gasteiger partial charge in [-0.05, 0) is 82.3 Å². The Morgan fingerprint density at radius 2 is 2.05 bits per heavy atom. The molecule has 5 heteroatoms. The molecule has 1 unspecified atom stereocenters. The van der Waals surface area contributed by atoms with E-state index in [1.807, 2.05) is 19.1 Å². The molecule has 1 aromatic rings. The van der Waals surface area contributed by atoms with Gasteiger partial charge in [-0.15, -0.1) is 0 Å². The van der Waals surface area contributed by atoms with Crippen LogP contribution in [0.2, 0.25) is 0 Å². The Labute approximate surface area is 137 Å². The van der Waals surface area contributed by atoms with Crippen molar-refractivity contribution in [3.63, 3.8) is 0 Å². The summed E-state index contributed by atoms with van der Waals surface area (Å²) in [6.07, 6.45) is 2.86. The maximum absolute atomic E-state index is 12.7. The topological polar surface area (TPSA) is 41.1 Å². The Bertz CT molecular complexity index is 488. The van der Waals surface area contributed by atoms with E-state index in [1.165, 1.54) is 0 Å². The van der Waals surface area contributed by atoms with Gasteiger partial charge in [-0.2, -0.15) is 0 Å². The summed E-state index contributed by atoms with van der Waals surface area (Å²) in [6, 6.07) is 4.02. The highest BCUT2D eigenvalue weighted by molar-refractivity contribution is 9.11. The number of carbonyl (C=O) groups excluding carboxylic acids is 1. The Morgan fingerprint density at radius 3 is 2.55 bits per heavy atom. The zero-order valence-electron chi connectivity index (χ0n) is 11.9. The summed E-state index contributed by atoms with van der Waals surface area (Å²) >= 11 is 7.06. The predicted octanol–water partition coefficient (Wildman–Crippen LogP) is 4.24. The molecule has 1 aliphatic heterocycles. The van der Waals surface area contributed by atoms with Crippen molar-refractivity contribution in [2.75, 3.05) is 18.4 Å². The molecule has 1 aliphatic rings. The van der Waals surface area contributed by atoms with E-state index < -0.39 is 0 Å². The van der Waals surface area contributed by atoms with Crippen LogP contribution in [0.15, 0.2) is 21.1 Å². The van der Waals surface area contributed by atoms with Gasteiger partial charge in [0.1, 0.15) is 0 Å². The second-order valence-electron chi connectivity index (χ2n) is 5.47. The Morgan fingerprint density at radius 1 is 1.40 bits per heavy atom. The number of anilines is 1. The zero-order chi connectivity index (χ0) is 14.8. The fourth-order valence-corrected chi connectivity index (χ4v) is 4.30. The molecule has 20 heavy (non-hydrogen) atoms. The Balaban J connectivity index is 2.23. The largest absolute Gasteiger partial charge is 0.324 e. The molecule has 1 heterocycles. The van der Waals surface area contributed by atoms with Crippen molar-refractivity contribution in [2.24, 2.45) is 5.41 Å². The first kappa shape index (κ1) is 16.0. The minimum Gasteiger partial charge on any atom is -0.324 e. The first-order valence-corrected chi connectivity index (χ1v) is 8.55. The van der Waals surface area contributed by atoms with Gasteiger partial charge < -0.3 is 10.6 Å². The van der Waals surface area contributed by atoms with Crippen LogP contribution in [-0.2, 0) is 4.79 Å². The lowest BCUT2D eigenvalue weighted by molar-refractivity contribution is -0.126. The first-order valence-electron chi connectivity index (χ1n) is 6.96. The number of piperidine rings is 1. The highest BCUT2D eigenvalue weighted by atomic mass is 79.9. The van der Waals surface area contributed by atoms with E-state index in [0.29, 0.717) is 0 Å². The number of amides is 1. The summed E-state index contributed by atoms with van der Waals surface area (Å²) in [5, 5.41) is 6.44. The third-order valence-electron chi connectivity index (χ3n) is 4.06. The van der Waals surface area contributed by atoms with Crippen LogP contribution in [0, 0.1) is 12.3 Å². The fourth-order valence-electron chi connectivity index (χ4n) is 2.69. The second-order valence-corrected chi connectivity index (χ2v) is 7.18. The molecule has 0 radical (unpaired) electrons. The highest BCUT2D eigenvalue weighted by Gasteiger charge is 2.38. The predicted molar refractivity (Wildman–Crippen MR) is 90.0 cm³/mol.